The largest absolute Gasteiger partial charge is 0.465 e. The lowest BCUT2D eigenvalue weighted by Gasteiger charge is -2.30. The minimum absolute atomic E-state index is 0.299. The van der Waals surface area contributed by atoms with E-state index in [9.17, 15) is 22.8 Å². The van der Waals surface area contributed by atoms with Gasteiger partial charge in [-0.25, -0.2) is 13.2 Å². The van der Waals surface area contributed by atoms with Gasteiger partial charge in [-0.2, -0.15) is 4.99 Å². The summed E-state index contributed by atoms with van der Waals surface area (Å²) >= 11 is 1.15. The standard InChI is InChI=1S/C20H25N3O6S2/c1-13-5-4-8-23(10-13)18(25)12-31(27,28)11-17(24)21-20-22(2)15-7-6-14(19(26)29-3)9-16(15)30-20/h6-7,9,13H,4-5,8,10-12H2,1-3H3. The van der Waals surface area contributed by atoms with Crippen LogP contribution in [-0.4, -0.2) is 67.4 Å². The van der Waals surface area contributed by atoms with Crippen LogP contribution in [0.4, 0.5) is 0 Å². The molecule has 0 bridgehead atoms. The van der Waals surface area contributed by atoms with Gasteiger partial charge in [-0.05, 0) is 37.0 Å². The van der Waals surface area contributed by atoms with Crippen LogP contribution in [0.3, 0.4) is 0 Å². The fraction of sp³-hybridized carbons (Fsp3) is 0.500. The maximum atomic E-state index is 12.4. The summed E-state index contributed by atoms with van der Waals surface area (Å²) in [4.78, 5) is 42.2. The van der Waals surface area contributed by atoms with E-state index in [1.807, 2.05) is 6.92 Å². The first-order valence-electron chi connectivity index (χ1n) is 9.83. The quantitative estimate of drug-likeness (QED) is 0.609. The number of rotatable bonds is 5. The number of likely N-dealkylation sites (tertiary alicyclic amines) is 1. The predicted octanol–water partition coefficient (Wildman–Crippen LogP) is 1.13. The molecule has 1 saturated heterocycles. The van der Waals surface area contributed by atoms with Crippen molar-refractivity contribution >= 4 is 49.2 Å². The van der Waals surface area contributed by atoms with Crippen LogP contribution in [0.15, 0.2) is 23.2 Å². The van der Waals surface area contributed by atoms with Crippen molar-refractivity contribution in [2.24, 2.45) is 18.0 Å². The van der Waals surface area contributed by atoms with E-state index >= 15 is 0 Å². The smallest absolute Gasteiger partial charge is 0.337 e. The molecular weight excluding hydrogens is 442 g/mol. The van der Waals surface area contributed by atoms with E-state index in [1.54, 1.807) is 34.7 Å². The van der Waals surface area contributed by atoms with Gasteiger partial charge in [-0.3, -0.25) is 9.59 Å². The number of fused-ring (bicyclic) bond motifs is 1. The van der Waals surface area contributed by atoms with Crippen molar-refractivity contribution in [3.63, 3.8) is 0 Å². The summed E-state index contributed by atoms with van der Waals surface area (Å²) in [5, 5.41) is 0. The molecule has 0 aliphatic carbocycles. The van der Waals surface area contributed by atoms with Crippen molar-refractivity contribution in [2.75, 3.05) is 31.7 Å². The summed E-state index contributed by atoms with van der Waals surface area (Å²) in [6.45, 7) is 3.11. The highest BCUT2D eigenvalue weighted by atomic mass is 32.2. The van der Waals surface area contributed by atoms with Gasteiger partial charge in [0, 0.05) is 20.1 Å². The molecule has 0 radical (unpaired) electrons. The number of benzene rings is 1. The molecule has 3 rings (SSSR count). The van der Waals surface area contributed by atoms with Gasteiger partial charge < -0.3 is 14.2 Å². The monoisotopic (exact) mass is 467 g/mol. The molecule has 9 nitrogen and oxygen atoms in total. The molecule has 0 spiro atoms. The van der Waals surface area contributed by atoms with Gasteiger partial charge in [0.15, 0.2) is 14.6 Å². The van der Waals surface area contributed by atoms with Crippen LogP contribution < -0.4 is 4.80 Å². The molecule has 1 aliphatic heterocycles. The first kappa shape index (κ1) is 23.1. The van der Waals surface area contributed by atoms with Gasteiger partial charge in [0.2, 0.25) is 5.91 Å². The zero-order chi connectivity index (χ0) is 22.8. The number of hydrogen-bond donors (Lipinski definition) is 0. The number of aryl methyl sites for hydroxylation is 1. The molecule has 1 aliphatic rings. The van der Waals surface area contributed by atoms with Crippen LogP contribution >= 0.6 is 11.3 Å². The van der Waals surface area contributed by atoms with Crippen molar-refractivity contribution in [1.29, 1.82) is 0 Å². The molecule has 1 fully saturated rings. The van der Waals surface area contributed by atoms with Gasteiger partial charge in [0.1, 0.15) is 11.5 Å². The molecule has 31 heavy (non-hydrogen) atoms. The van der Waals surface area contributed by atoms with Crippen LogP contribution in [0.1, 0.15) is 30.1 Å². The summed E-state index contributed by atoms with van der Waals surface area (Å²) in [5.41, 5.74) is 1.10. The van der Waals surface area contributed by atoms with Gasteiger partial charge >= 0.3 is 5.97 Å². The number of carbonyl (C=O) groups is 3. The summed E-state index contributed by atoms with van der Waals surface area (Å²) in [6, 6.07) is 4.94. The maximum Gasteiger partial charge on any atom is 0.337 e. The minimum atomic E-state index is -3.93. The number of thiazole rings is 1. The second-order valence-corrected chi connectivity index (χ2v) is 10.8. The number of amides is 2. The van der Waals surface area contributed by atoms with Gasteiger partial charge in [-0.1, -0.05) is 18.3 Å². The number of piperidine rings is 1. The SMILES string of the molecule is COC(=O)c1ccc2c(c1)sc(=NC(=O)CS(=O)(=O)CC(=O)N1CCCC(C)C1)n2C. The fourth-order valence-electron chi connectivity index (χ4n) is 3.56. The molecule has 2 amide bonds. The molecule has 1 aromatic carbocycles. The highest BCUT2D eigenvalue weighted by molar-refractivity contribution is 7.92. The molecule has 0 saturated carbocycles. The molecule has 2 heterocycles. The number of sulfone groups is 1. The van der Waals surface area contributed by atoms with Crippen LogP contribution in [0.2, 0.25) is 0 Å². The van der Waals surface area contributed by atoms with Crippen molar-refractivity contribution < 1.29 is 27.5 Å². The van der Waals surface area contributed by atoms with Crippen LogP contribution in [0.5, 0.6) is 0 Å². The third-order valence-electron chi connectivity index (χ3n) is 5.15. The van der Waals surface area contributed by atoms with Gasteiger partial charge in [-0.15, -0.1) is 0 Å². The summed E-state index contributed by atoms with van der Waals surface area (Å²) in [6.07, 6.45) is 1.86. The molecule has 1 atom stereocenters. The highest BCUT2D eigenvalue weighted by Gasteiger charge is 2.27. The normalized spacial score (nSPS) is 17.7. The van der Waals surface area contributed by atoms with Crippen molar-refractivity contribution in [3.8, 4) is 0 Å². The Morgan fingerprint density at radius 3 is 2.68 bits per heavy atom. The lowest BCUT2D eigenvalue weighted by Crippen LogP contribution is -2.42. The third kappa shape index (κ3) is 5.59. The van der Waals surface area contributed by atoms with E-state index in [0.717, 1.165) is 29.7 Å². The average Bonchev–Trinajstić information content (AvgIpc) is 3.01. The summed E-state index contributed by atoms with van der Waals surface area (Å²) in [5.74, 6) is -2.97. The number of aromatic nitrogens is 1. The number of esters is 1. The van der Waals surface area contributed by atoms with E-state index in [1.165, 1.54) is 7.11 Å². The Hall–Kier alpha value is -2.53. The Morgan fingerprint density at radius 1 is 1.26 bits per heavy atom. The van der Waals surface area contributed by atoms with Gasteiger partial charge in [0.25, 0.3) is 5.91 Å². The topological polar surface area (TPSA) is 115 Å². The second-order valence-electron chi connectivity index (χ2n) is 7.74. The fourth-order valence-corrected chi connectivity index (χ4v) is 5.74. The van der Waals surface area contributed by atoms with E-state index in [2.05, 4.69) is 4.99 Å². The number of hydrogen-bond acceptors (Lipinski definition) is 7. The van der Waals surface area contributed by atoms with Crippen molar-refractivity contribution in [1.82, 2.24) is 9.47 Å². The first-order chi connectivity index (χ1) is 14.6. The van der Waals surface area contributed by atoms with E-state index < -0.39 is 39.1 Å². The minimum Gasteiger partial charge on any atom is -0.465 e. The van der Waals surface area contributed by atoms with E-state index in [0.29, 0.717) is 34.1 Å². The third-order valence-corrected chi connectivity index (χ3v) is 7.62. The molecular formula is C20H25N3O6S2. The Kier molecular flexibility index (Phi) is 6.95. The summed E-state index contributed by atoms with van der Waals surface area (Å²) < 4.78 is 31.8. The zero-order valence-electron chi connectivity index (χ0n) is 17.7. The predicted molar refractivity (Wildman–Crippen MR) is 116 cm³/mol. The van der Waals surface area contributed by atoms with Crippen LogP contribution in [0, 0.1) is 5.92 Å². The van der Waals surface area contributed by atoms with E-state index in [-0.39, 0.29) is 0 Å². The molecule has 1 aromatic heterocycles. The lowest BCUT2D eigenvalue weighted by atomic mass is 10.0. The van der Waals surface area contributed by atoms with E-state index in [4.69, 9.17) is 4.74 Å². The molecule has 2 aromatic rings. The second kappa shape index (κ2) is 9.31. The summed E-state index contributed by atoms with van der Waals surface area (Å²) in [7, 11) is -0.950. The highest BCUT2D eigenvalue weighted by Crippen LogP contribution is 2.19. The molecule has 168 valence electrons. The number of nitrogens with zero attached hydrogens (tertiary/aromatic N) is 3. The zero-order valence-corrected chi connectivity index (χ0v) is 19.3. The first-order valence-corrected chi connectivity index (χ1v) is 12.5. The Labute approximate surface area is 184 Å². The number of carbonyl (C=O) groups excluding carboxylic acids is 3. The molecule has 0 N–H and O–H groups in total. The number of ether oxygens (including phenoxy) is 1. The van der Waals surface area contributed by atoms with Crippen LogP contribution in [-0.2, 0) is 31.2 Å². The van der Waals surface area contributed by atoms with Crippen molar-refractivity contribution in [3.05, 3.63) is 28.6 Å². The van der Waals surface area contributed by atoms with Crippen LogP contribution in [0.25, 0.3) is 10.2 Å². The Balaban J connectivity index is 1.75. The molecule has 1 unspecified atom stereocenters. The lowest BCUT2D eigenvalue weighted by molar-refractivity contribution is -0.130. The maximum absolute atomic E-state index is 12.4. The Bertz CT molecular complexity index is 1200. The average molecular weight is 468 g/mol. The Morgan fingerprint density at radius 2 is 2.00 bits per heavy atom. The number of methoxy groups -OCH3 is 1. The van der Waals surface area contributed by atoms with Crippen molar-refractivity contribution in [2.45, 2.75) is 19.8 Å². The molecule has 11 heteroatoms. The van der Waals surface area contributed by atoms with Gasteiger partial charge in [0.05, 0.1) is 22.9 Å².